The van der Waals surface area contributed by atoms with Crippen molar-refractivity contribution in [2.75, 3.05) is 13.2 Å². The molecule has 0 saturated heterocycles. The van der Waals surface area contributed by atoms with E-state index in [4.69, 9.17) is 9.47 Å². The van der Waals surface area contributed by atoms with Crippen molar-refractivity contribution in [1.82, 2.24) is 0 Å². The van der Waals surface area contributed by atoms with Gasteiger partial charge in [-0.15, -0.1) is 0 Å². The summed E-state index contributed by atoms with van der Waals surface area (Å²) in [4.78, 5) is 0. The second kappa shape index (κ2) is 4.77. The molecule has 0 spiro atoms. The highest BCUT2D eigenvalue weighted by molar-refractivity contribution is 5.47. The predicted octanol–water partition coefficient (Wildman–Crippen LogP) is 3.43. The lowest BCUT2D eigenvalue weighted by atomic mass is 9.68. The molecule has 0 bridgehead atoms. The quantitative estimate of drug-likeness (QED) is 0.774. The molecule has 1 aliphatic carbocycles. The van der Waals surface area contributed by atoms with Gasteiger partial charge < -0.3 is 9.47 Å². The topological polar surface area (TPSA) is 42.2 Å². The van der Waals surface area contributed by atoms with E-state index in [9.17, 15) is 5.26 Å². The number of fused-ring (bicyclic) bond motifs is 1. The lowest BCUT2D eigenvalue weighted by molar-refractivity contribution is 0.171. The van der Waals surface area contributed by atoms with Crippen molar-refractivity contribution in [1.29, 1.82) is 5.26 Å². The van der Waals surface area contributed by atoms with Crippen LogP contribution in [0.4, 0.5) is 0 Å². The maximum atomic E-state index is 9.66. The minimum atomic E-state index is -0.331. The lowest BCUT2D eigenvalue weighted by Gasteiger charge is -2.34. The molecule has 1 aromatic carbocycles. The van der Waals surface area contributed by atoms with Gasteiger partial charge in [0, 0.05) is 0 Å². The SMILES string of the molecule is CC1CCC(C#N)(c2ccc3c(c2)OCCO3)CC1. The van der Waals surface area contributed by atoms with Gasteiger partial charge in [-0.25, -0.2) is 0 Å². The van der Waals surface area contributed by atoms with Crippen LogP contribution in [0.5, 0.6) is 11.5 Å². The van der Waals surface area contributed by atoms with Crippen molar-refractivity contribution in [3.8, 4) is 17.6 Å². The van der Waals surface area contributed by atoms with Crippen LogP contribution < -0.4 is 9.47 Å². The Hall–Kier alpha value is -1.69. The molecule has 19 heavy (non-hydrogen) atoms. The summed E-state index contributed by atoms with van der Waals surface area (Å²) >= 11 is 0. The van der Waals surface area contributed by atoms with Crippen LogP contribution >= 0.6 is 0 Å². The molecule has 3 nitrogen and oxygen atoms in total. The number of nitrogens with zero attached hydrogens (tertiary/aromatic N) is 1. The molecule has 3 heteroatoms. The van der Waals surface area contributed by atoms with Crippen molar-refractivity contribution < 1.29 is 9.47 Å². The minimum Gasteiger partial charge on any atom is -0.486 e. The highest BCUT2D eigenvalue weighted by atomic mass is 16.6. The molecule has 0 N–H and O–H groups in total. The standard InChI is InChI=1S/C16H19NO2/c1-12-4-6-16(11-17,7-5-12)13-2-3-14-15(10-13)19-9-8-18-14/h2-3,10,12H,4-9H2,1H3. The number of benzene rings is 1. The smallest absolute Gasteiger partial charge is 0.161 e. The molecule has 0 amide bonds. The van der Waals surface area contributed by atoms with Gasteiger partial charge in [0.05, 0.1) is 11.5 Å². The molecular weight excluding hydrogens is 238 g/mol. The number of nitriles is 1. The maximum Gasteiger partial charge on any atom is 0.161 e. The maximum absolute atomic E-state index is 9.66. The molecule has 1 aromatic rings. The average molecular weight is 257 g/mol. The average Bonchev–Trinajstić information content (AvgIpc) is 2.48. The van der Waals surface area contributed by atoms with Gasteiger partial charge >= 0.3 is 0 Å². The second-order valence-electron chi connectivity index (χ2n) is 5.73. The Morgan fingerprint density at radius 3 is 2.53 bits per heavy atom. The zero-order valence-corrected chi connectivity index (χ0v) is 11.3. The highest BCUT2D eigenvalue weighted by Gasteiger charge is 2.36. The van der Waals surface area contributed by atoms with E-state index in [-0.39, 0.29) is 5.41 Å². The van der Waals surface area contributed by atoms with Crippen LogP contribution in [0.2, 0.25) is 0 Å². The Kier molecular flexibility index (Phi) is 3.10. The molecule has 100 valence electrons. The van der Waals surface area contributed by atoms with E-state index < -0.39 is 0 Å². The van der Waals surface area contributed by atoms with E-state index in [2.05, 4.69) is 13.0 Å². The van der Waals surface area contributed by atoms with E-state index in [0.29, 0.717) is 13.2 Å². The molecule has 0 aromatic heterocycles. The van der Waals surface area contributed by atoms with Gasteiger partial charge in [0.15, 0.2) is 11.5 Å². The molecular formula is C16H19NO2. The van der Waals surface area contributed by atoms with Crippen LogP contribution in [0.25, 0.3) is 0 Å². The van der Waals surface area contributed by atoms with Crippen LogP contribution in [0, 0.1) is 17.2 Å². The normalized spacial score (nSPS) is 29.6. The summed E-state index contributed by atoms with van der Waals surface area (Å²) in [5.41, 5.74) is 0.758. The van der Waals surface area contributed by atoms with Crippen LogP contribution in [0.15, 0.2) is 18.2 Å². The fourth-order valence-corrected chi connectivity index (χ4v) is 3.06. The van der Waals surface area contributed by atoms with Crippen molar-refractivity contribution >= 4 is 0 Å². The summed E-state index contributed by atoms with van der Waals surface area (Å²) in [7, 11) is 0. The van der Waals surface area contributed by atoms with E-state index in [0.717, 1.165) is 48.7 Å². The lowest BCUT2D eigenvalue weighted by Crippen LogP contribution is -2.30. The first-order chi connectivity index (χ1) is 9.23. The molecule has 2 aliphatic rings. The number of hydrogen-bond acceptors (Lipinski definition) is 3. The van der Waals surface area contributed by atoms with Gasteiger partial charge in [-0.2, -0.15) is 5.26 Å². The van der Waals surface area contributed by atoms with Gasteiger partial charge in [0.1, 0.15) is 13.2 Å². The van der Waals surface area contributed by atoms with E-state index in [1.54, 1.807) is 0 Å². The first-order valence-corrected chi connectivity index (χ1v) is 7.05. The Morgan fingerprint density at radius 1 is 1.16 bits per heavy atom. The minimum absolute atomic E-state index is 0.331. The van der Waals surface area contributed by atoms with Gasteiger partial charge in [0.25, 0.3) is 0 Å². The molecule has 1 aliphatic heterocycles. The third-order valence-corrected chi connectivity index (χ3v) is 4.44. The van der Waals surface area contributed by atoms with Crippen LogP contribution in [-0.2, 0) is 5.41 Å². The van der Waals surface area contributed by atoms with Crippen molar-refractivity contribution in [2.24, 2.45) is 5.92 Å². The number of ether oxygens (including phenoxy) is 2. The molecule has 3 rings (SSSR count). The van der Waals surface area contributed by atoms with Crippen LogP contribution in [0.1, 0.15) is 38.2 Å². The summed E-state index contributed by atoms with van der Waals surface area (Å²) in [5, 5.41) is 9.66. The summed E-state index contributed by atoms with van der Waals surface area (Å²) in [6.45, 7) is 3.46. The summed E-state index contributed by atoms with van der Waals surface area (Å²) in [5.74, 6) is 2.32. The van der Waals surface area contributed by atoms with Crippen molar-refractivity contribution in [2.45, 2.75) is 38.0 Å². The predicted molar refractivity (Wildman–Crippen MR) is 72.4 cm³/mol. The fourth-order valence-electron chi connectivity index (χ4n) is 3.06. The Balaban J connectivity index is 1.94. The van der Waals surface area contributed by atoms with Gasteiger partial charge in [0.2, 0.25) is 0 Å². The largest absolute Gasteiger partial charge is 0.486 e. The fraction of sp³-hybridized carbons (Fsp3) is 0.562. The van der Waals surface area contributed by atoms with E-state index >= 15 is 0 Å². The molecule has 1 fully saturated rings. The van der Waals surface area contributed by atoms with E-state index in [1.807, 2.05) is 18.2 Å². The zero-order chi connectivity index (χ0) is 13.3. The van der Waals surface area contributed by atoms with Crippen molar-refractivity contribution in [3.63, 3.8) is 0 Å². The molecule has 1 heterocycles. The molecule has 0 radical (unpaired) electrons. The third-order valence-electron chi connectivity index (χ3n) is 4.44. The van der Waals surface area contributed by atoms with E-state index in [1.165, 1.54) is 0 Å². The van der Waals surface area contributed by atoms with Crippen molar-refractivity contribution in [3.05, 3.63) is 23.8 Å². The van der Waals surface area contributed by atoms with Gasteiger partial charge in [-0.1, -0.05) is 13.0 Å². The monoisotopic (exact) mass is 257 g/mol. The summed E-state index contributed by atoms with van der Waals surface area (Å²) in [6, 6.07) is 8.55. The van der Waals surface area contributed by atoms with Gasteiger partial charge in [-0.3, -0.25) is 0 Å². The van der Waals surface area contributed by atoms with Gasteiger partial charge in [-0.05, 0) is 49.3 Å². The number of hydrogen-bond donors (Lipinski definition) is 0. The molecule has 0 unspecified atom stereocenters. The van der Waals surface area contributed by atoms with Crippen LogP contribution in [0.3, 0.4) is 0 Å². The highest BCUT2D eigenvalue weighted by Crippen LogP contribution is 2.43. The third kappa shape index (κ3) is 2.16. The first-order valence-electron chi connectivity index (χ1n) is 7.05. The Labute approximate surface area is 114 Å². The Bertz CT molecular complexity index is 510. The summed E-state index contributed by atoms with van der Waals surface area (Å²) in [6.07, 6.45) is 4.15. The molecule has 0 atom stereocenters. The zero-order valence-electron chi connectivity index (χ0n) is 11.3. The Morgan fingerprint density at radius 2 is 1.84 bits per heavy atom. The molecule has 1 saturated carbocycles. The second-order valence-corrected chi connectivity index (χ2v) is 5.73. The van der Waals surface area contributed by atoms with Crippen LogP contribution in [-0.4, -0.2) is 13.2 Å². The first kappa shape index (κ1) is 12.3. The number of rotatable bonds is 1. The summed E-state index contributed by atoms with van der Waals surface area (Å²) < 4.78 is 11.2.